The Kier molecular flexibility index (Phi) is 4.80. The predicted octanol–water partition coefficient (Wildman–Crippen LogP) is 4.94. The highest BCUT2D eigenvalue weighted by Gasteiger charge is 2.20. The molecule has 0 radical (unpaired) electrons. The van der Waals surface area contributed by atoms with Crippen LogP contribution in [-0.2, 0) is 10.0 Å². The minimum atomic E-state index is -3.65. The molecule has 2 aromatic carbocycles. The lowest BCUT2D eigenvalue weighted by atomic mass is 10.1. The van der Waals surface area contributed by atoms with E-state index in [0.29, 0.717) is 10.2 Å². The van der Waals surface area contributed by atoms with Gasteiger partial charge in [0.15, 0.2) is 0 Å². The molecule has 1 N–H and O–H groups in total. The molecule has 0 amide bonds. The van der Waals surface area contributed by atoms with Crippen LogP contribution in [0.15, 0.2) is 44.2 Å². The van der Waals surface area contributed by atoms with Gasteiger partial charge >= 0.3 is 0 Å². The normalized spacial score (nSPS) is 11.5. The molecule has 0 saturated heterocycles. The number of aryl methyl sites for hydroxylation is 3. The average molecular weight is 433 g/mol. The fourth-order valence-electron chi connectivity index (χ4n) is 2.06. The van der Waals surface area contributed by atoms with Gasteiger partial charge in [0, 0.05) is 8.95 Å². The molecule has 0 aliphatic rings. The number of nitrogens with one attached hydrogen (secondary N) is 1. The monoisotopic (exact) mass is 431 g/mol. The zero-order chi connectivity index (χ0) is 15.8. The summed E-state index contributed by atoms with van der Waals surface area (Å²) in [5.41, 5.74) is 3.49. The fraction of sp³-hybridized carbons (Fsp3) is 0.200. The van der Waals surface area contributed by atoms with Crippen LogP contribution < -0.4 is 4.72 Å². The lowest BCUT2D eigenvalue weighted by Gasteiger charge is -2.14. The molecule has 0 saturated carbocycles. The van der Waals surface area contributed by atoms with Crippen LogP contribution in [0, 0.1) is 20.8 Å². The molecule has 2 aromatic rings. The Morgan fingerprint density at radius 2 is 1.52 bits per heavy atom. The van der Waals surface area contributed by atoms with Gasteiger partial charge in [0.25, 0.3) is 10.0 Å². The number of halogens is 2. The van der Waals surface area contributed by atoms with E-state index >= 15 is 0 Å². The quantitative estimate of drug-likeness (QED) is 0.746. The molecule has 0 heterocycles. The van der Waals surface area contributed by atoms with Gasteiger partial charge in [-0.1, -0.05) is 12.1 Å². The van der Waals surface area contributed by atoms with E-state index in [1.54, 1.807) is 18.2 Å². The van der Waals surface area contributed by atoms with Crippen LogP contribution in [0.25, 0.3) is 0 Å². The third-order valence-electron chi connectivity index (χ3n) is 3.05. The van der Waals surface area contributed by atoms with Crippen molar-refractivity contribution < 1.29 is 8.42 Å². The molecule has 112 valence electrons. The summed E-state index contributed by atoms with van der Waals surface area (Å²) in [4.78, 5) is 0.222. The van der Waals surface area contributed by atoms with Gasteiger partial charge in [-0.05, 0) is 87.5 Å². The lowest BCUT2D eigenvalue weighted by Crippen LogP contribution is -2.15. The van der Waals surface area contributed by atoms with E-state index in [4.69, 9.17) is 0 Å². The minimum absolute atomic E-state index is 0.222. The molecule has 6 heteroatoms. The largest absolute Gasteiger partial charge is 0.278 e. The van der Waals surface area contributed by atoms with Crippen molar-refractivity contribution in [3.05, 3.63) is 56.0 Å². The van der Waals surface area contributed by atoms with E-state index < -0.39 is 10.0 Å². The molecule has 0 bridgehead atoms. The fourth-order valence-corrected chi connectivity index (χ4v) is 5.31. The van der Waals surface area contributed by atoms with E-state index in [0.717, 1.165) is 21.2 Å². The first-order chi connectivity index (χ1) is 9.70. The molecule has 0 spiro atoms. The number of anilines is 1. The van der Waals surface area contributed by atoms with Crippen LogP contribution in [0.1, 0.15) is 16.7 Å². The molecular formula is C15H15Br2NO2S. The Bertz CT molecular complexity index is 778. The first kappa shape index (κ1) is 16.5. The van der Waals surface area contributed by atoms with Crippen molar-refractivity contribution in [2.75, 3.05) is 4.72 Å². The highest BCUT2D eigenvalue weighted by atomic mass is 79.9. The minimum Gasteiger partial charge on any atom is -0.278 e. The standard InChI is InChI=1S/C15H15Br2NO2S/c1-9-4-5-14(12(16)7-9)21(19,20)18-15-11(3)6-10(2)8-13(15)17/h4-8,18H,1-3H3. The van der Waals surface area contributed by atoms with Gasteiger partial charge in [0.2, 0.25) is 0 Å². The lowest BCUT2D eigenvalue weighted by molar-refractivity contribution is 0.600. The Morgan fingerprint density at radius 3 is 2.10 bits per heavy atom. The Morgan fingerprint density at radius 1 is 0.905 bits per heavy atom. The Hall–Kier alpha value is -0.850. The van der Waals surface area contributed by atoms with Gasteiger partial charge in [-0.3, -0.25) is 4.72 Å². The zero-order valence-electron chi connectivity index (χ0n) is 11.9. The number of hydrogen-bond donors (Lipinski definition) is 1. The second kappa shape index (κ2) is 6.10. The number of hydrogen-bond acceptors (Lipinski definition) is 2. The zero-order valence-corrected chi connectivity index (χ0v) is 15.9. The first-order valence-electron chi connectivity index (χ1n) is 6.26. The average Bonchev–Trinajstić information content (AvgIpc) is 2.33. The van der Waals surface area contributed by atoms with Crippen LogP contribution in [0.2, 0.25) is 0 Å². The first-order valence-corrected chi connectivity index (χ1v) is 9.33. The summed E-state index contributed by atoms with van der Waals surface area (Å²) in [5, 5.41) is 0. The topological polar surface area (TPSA) is 46.2 Å². The van der Waals surface area contributed by atoms with E-state index in [2.05, 4.69) is 36.6 Å². The van der Waals surface area contributed by atoms with E-state index in [1.165, 1.54) is 0 Å². The van der Waals surface area contributed by atoms with Crippen molar-refractivity contribution in [3.63, 3.8) is 0 Å². The smallest absolute Gasteiger partial charge is 0.263 e. The molecule has 0 aromatic heterocycles. The van der Waals surface area contributed by atoms with Crippen molar-refractivity contribution >= 4 is 47.6 Å². The van der Waals surface area contributed by atoms with Crippen LogP contribution >= 0.6 is 31.9 Å². The van der Waals surface area contributed by atoms with Crippen molar-refractivity contribution in [2.24, 2.45) is 0 Å². The Balaban J connectivity index is 2.47. The summed E-state index contributed by atoms with van der Waals surface area (Å²) < 4.78 is 29.1. The second-order valence-electron chi connectivity index (χ2n) is 4.98. The SMILES string of the molecule is Cc1ccc(S(=O)(=O)Nc2c(C)cc(C)cc2Br)c(Br)c1. The van der Waals surface area contributed by atoms with Crippen molar-refractivity contribution in [1.82, 2.24) is 0 Å². The highest BCUT2D eigenvalue weighted by Crippen LogP contribution is 2.31. The van der Waals surface area contributed by atoms with Crippen LogP contribution in [-0.4, -0.2) is 8.42 Å². The molecule has 21 heavy (non-hydrogen) atoms. The summed E-state index contributed by atoms with van der Waals surface area (Å²) >= 11 is 6.73. The van der Waals surface area contributed by atoms with Gasteiger partial charge in [-0.25, -0.2) is 8.42 Å². The molecule has 3 nitrogen and oxygen atoms in total. The molecule has 0 aliphatic heterocycles. The maximum atomic E-state index is 12.6. The van der Waals surface area contributed by atoms with Gasteiger partial charge in [-0.2, -0.15) is 0 Å². The van der Waals surface area contributed by atoms with Crippen LogP contribution in [0.3, 0.4) is 0 Å². The third kappa shape index (κ3) is 3.67. The number of sulfonamides is 1. The molecule has 0 unspecified atom stereocenters. The summed E-state index contributed by atoms with van der Waals surface area (Å²) in [6, 6.07) is 8.98. The maximum Gasteiger partial charge on any atom is 0.263 e. The van der Waals surface area contributed by atoms with E-state index in [-0.39, 0.29) is 4.90 Å². The van der Waals surface area contributed by atoms with E-state index in [9.17, 15) is 8.42 Å². The summed E-state index contributed by atoms with van der Waals surface area (Å²) in [5.74, 6) is 0. The molecular weight excluding hydrogens is 418 g/mol. The van der Waals surface area contributed by atoms with Gasteiger partial charge in [-0.15, -0.1) is 0 Å². The molecule has 0 fully saturated rings. The number of benzene rings is 2. The van der Waals surface area contributed by atoms with Crippen LogP contribution in [0.4, 0.5) is 5.69 Å². The predicted molar refractivity (Wildman–Crippen MR) is 93.3 cm³/mol. The van der Waals surface area contributed by atoms with Gasteiger partial charge < -0.3 is 0 Å². The van der Waals surface area contributed by atoms with Crippen molar-refractivity contribution in [1.29, 1.82) is 0 Å². The summed E-state index contributed by atoms with van der Waals surface area (Å²) in [6.45, 7) is 5.75. The van der Waals surface area contributed by atoms with Gasteiger partial charge in [0.1, 0.15) is 4.90 Å². The Labute approximate surface area is 142 Å². The molecule has 2 rings (SSSR count). The third-order valence-corrected chi connectivity index (χ3v) is 6.00. The van der Waals surface area contributed by atoms with E-state index in [1.807, 2.05) is 32.9 Å². The van der Waals surface area contributed by atoms with Gasteiger partial charge in [0.05, 0.1) is 5.69 Å². The van der Waals surface area contributed by atoms with Crippen molar-refractivity contribution in [3.8, 4) is 0 Å². The summed E-state index contributed by atoms with van der Waals surface area (Å²) in [7, 11) is -3.65. The second-order valence-corrected chi connectivity index (χ2v) is 8.34. The van der Waals surface area contributed by atoms with Crippen molar-refractivity contribution in [2.45, 2.75) is 25.7 Å². The van der Waals surface area contributed by atoms with Crippen LogP contribution in [0.5, 0.6) is 0 Å². The molecule has 0 atom stereocenters. The highest BCUT2D eigenvalue weighted by molar-refractivity contribution is 9.11. The maximum absolute atomic E-state index is 12.6. The summed E-state index contributed by atoms with van der Waals surface area (Å²) in [6.07, 6.45) is 0. The number of rotatable bonds is 3. The molecule has 0 aliphatic carbocycles.